The van der Waals surface area contributed by atoms with Gasteiger partial charge < -0.3 is 4.74 Å². The van der Waals surface area contributed by atoms with Crippen molar-refractivity contribution < 1.29 is 9.53 Å². The molecule has 0 amide bonds. The molecular formula is C15H14N4O3. The lowest BCUT2D eigenvalue weighted by molar-refractivity contribution is 0.0970. The molecule has 0 radical (unpaired) electrons. The second-order valence-electron chi connectivity index (χ2n) is 4.84. The Labute approximate surface area is 125 Å². The van der Waals surface area contributed by atoms with Crippen molar-refractivity contribution in [2.75, 3.05) is 7.11 Å². The van der Waals surface area contributed by atoms with Crippen molar-refractivity contribution >= 4 is 16.8 Å². The monoisotopic (exact) mass is 298 g/mol. The van der Waals surface area contributed by atoms with E-state index in [9.17, 15) is 9.59 Å². The van der Waals surface area contributed by atoms with Crippen LogP contribution in [0.2, 0.25) is 0 Å². The predicted molar refractivity (Wildman–Crippen MR) is 80.1 cm³/mol. The van der Waals surface area contributed by atoms with Gasteiger partial charge in [-0.3, -0.25) is 18.8 Å². The van der Waals surface area contributed by atoms with E-state index < -0.39 is 0 Å². The molecule has 0 aliphatic carbocycles. The molecule has 3 rings (SSSR count). The second-order valence-corrected chi connectivity index (χ2v) is 4.84. The number of fused-ring (bicyclic) bond motifs is 1. The van der Waals surface area contributed by atoms with E-state index in [2.05, 4.69) is 10.1 Å². The molecule has 0 aliphatic rings. The van der Waals surface area contributed by atoms with Crippen molar-refractivity contribution in [3.8, 4) is 5.75 Å². The Morgan fingerprint density at radius 2 is 2.18 bits per heavy atom. The van der Waals surface area contributed by atoms with E-state index in [0.29, 0.717) is 22.3 Å². The Morgan fingerprint density at radius 3 is 2.95 bits per heavy atom. The lowest BCUT2D eigenvalue weighted by Crippen LogP contribution is -2.24. The maximum absolute atomic E-state index is 12.3. The van der Waals surface area contributed by atoms with Crippen LogP contribution in [0.15, 0.2) is 41.6 Å². The van der Waals surface area contributed by atoms with Crippen molar-refractivity contribution in [1.29, 1.82) is 0 Å². The summed E-state index contributed by atoms with van der Waals surface area (Å²) >= 11 is 0. The minimum absolute atomic E-state index is 0.0795. The number of hydrogen-bond donors (Lipinski definition) is 0. The van der Waals surface area contributed by atoms with Gasteiger partial charge in [0.1, 0.15) is 17.5 Å². The van der Waals surface area contributed by atoms with Gasteiger partial charge in [0, 0.05) is 12.6 Å². The first-order chi connectivity index (χ1) is 10.6. The van der Waals surface area contributed by atoms with Gasteiger partial charge in [0.25, 0.3) is 5.56 Å². The summed E-state index contributed by atoms with van der Waals surface area (Å²) in [5, 5.41) is 4.39. The summed E-state index contributed by atoms with van der Waals surface area (Å²) in [4.78, 5) is 28.8. The van der Waals surface area contributed by atoms with Crippen LogP contribution in [0.25, 0.3) is 11.0 Å². The molecule has 7 heteroatoms. The number of ketones is 1. The predicted octanol–water partition coefficient (Wildman–Crippen LogP) is 1.02. The Balaban J connectivity index is 1.94. The molecule has 0 saturated heterocycles. The molecule has 112 valence electrons. The average molecular weight is 298 g/mol. The molecule has 0 aliphatic heterocycles. The SMILES string of the molecule is COc1cccc(C(=O)Cn2cnc3c(cnn3C)c2=O)c1. The highest BCUT2D eigenvalue weighted by molar-refractivity contribution is 5.96. The Hall–Kier alpha value is -2.96. The number of hydrogen-bond acceptors (Lipinski definition) is 5. The molecule has 7 nitrogen and oxygen atoms in total. The maximum atomic E-state index is 12.3. The van der Waals surface area contributed by atoms with Crippen molar-refractivity contribution in [2.45, 2.75) is 6.54 Å². The number of carbonyl (C=O) groups is 1. The van der Waals surface area contributed by atoms with Crippen LogP contribution in [0.5, 0.6) is 5.75 Å². The highest BCUT2D eigenvalue weighted by atomic mass is 16.5. The van der Waals surface area contributed by atoms with Gasteiger partial charge in [0.05, 0.1) is 19.9 Å². The summed E-state index contributed by atoms with van der Waals surface area (Å²) in [6.07, 6.45) is 2.82. The molecule has 0 N–H and O–H groups in total. The fraction of sp³-hybridized carbons (Fsp3) is 0.200. The number of rotatable bonds is 4. The van der Waals surface area contributed by atoms with Gasteiger partial charge >= 0.3 is 0 Å². The summed E-state index contributed by atoms with van der Waals surface area (Å²) in [7, 11) is 3.24. The number of methoxy groups -OCH3 is 1. The van der Waals surface area contributed by atoms with Crippen molar-refractivity contribution in [3.05, 3.63) is 52.7 Å². The van der Waals surface area contributed by atoms with Crippen molar-refractivity contribution in [3.63, 3.8) is 0 Å². The maximum Gasteiger partial charge on any atom is 0.264 e. The molecule has 0 atom stereocenters. The van der Waals surface area contributed by atoms with Crippen LogP contribution in [0.1, 0.15) is 10.4 Å². The van der Waals surface area contributed by atoms with Gasteiger partial charge in [-0.2, -0.15) is 5.10 Å². The Bertz CT molecular complexity index is 911. The van der Waals surface area contributed by atoms with Crippen LogP contribution in [0.4, 0.5) is 0 Å². The third-order valence-electron chi connectivity index (χ3n) is 3.42. The van der Waals surface area contributed by atoms with Crippen LogP contribution < -0.4 is 10.3 Å². The average Bonchev–Trinajstić information content (AvgIpc) is 2.92. The van der Waals surface area contributed by atoms with E-state index >= 15 is 0 Å². The van der Waals surface area contributed by atoms with Gasteiger partial charge in [-0.25, -0.2) is 4.98 Å². The van der Waals surface area contributed by atoms with E-state index in [4.69, 9.17) is 4.74 Å². The third kappa shape index (κ3) is 2.37. The van der Waals surface area contributed by atoms with E-state index in [1.165, 1.54) is 28.9 Å². The van der Waals surface area contributed by atoms with E-state index in [0.717, 1.165) is 0 Å². The minimum atomic E-state index is -0.283. The first-order valence-corrected chi connectivity index (χ1v) is 6.64. The number of aryl methyl sites for hydroxylation is 1. The van der Waals surface area contributed by atoms with E-state index in [-0.39, 0.29) is 17.9 Å². The normalized spacial score (nSPS) is 10.8. The lowest BCUT2D eigenvalue weighted by Gasteiger charge is -2.06. The quantitative estimate of drug-likeness (QED) is 0.672. The van der Waals surface area contributed by atoms with Gasteiger partial charge in [-0.1, -0.05) is 12.1 Å². The van der Waals surface area contributed by atoms with Gasteiger partial charge in [0.2, 0.25) is 0 Å². The first kappa shape index (κ1) is 14.0. The zero-order valence-electron chi connectivity index (χ0n) is 12.2. The summed E-state index contributed by atoms with van der Waals surface area (Å²) in [6, 6.07) is 6.82. The van der Waals surface area contributed by atoms with Gasteiger partial charge in [-0.05, 0) is 12.1 Å². The number of nitrogens with zero attached hydrogens (tertiary/aromatic N) is 4. The van der Waals surface area contributed by atoms with Crippen molar-refractivity contribution in [2.24, 2.45) is 7.05 Å². The number of carbonyl (C=O) groups excluding carboxylic acids is 1. The molecule has 3 aromatic rings. The van der Waals surface area contributed by atoms with Gasteiger partial charge in [-0.15, -0.1) is 0 Å². The molecule has 0 saturated carbocycles. The minimum Gasteiger partial charge on any atom is -0.497 e. The number of aromatic nitrogens is 4. The molecule has 0 bridgehead atoms. The fourth-order valence-electron chi connectivity index (χ4n) is 2.22. The standard InChI is InChI=1S/C15H14N4O3/c1-18-14-12(7-17-18)15(21)19(9-16-14)8-13(20)10-4-3-5-11(6-10)22-2/h3-7,9H,8H2,1-2H3. The molecule has 0 fully saturated rings. The zero-order valence-corrected chi connectivity index (χ0v) is 12.2. The Morgan fingerprint density at radius 1 is 1.36 bits per heavy atom. The lowest BCUT2D eigenvalue weighted by atomic mass is 10.1. The zero-order chi connectivity index (χ0) is 15.7. The number of ether oxygens (including phenoxy) is 1. The topological polar surface area (TPSA) is 79.0 Å². The van der Waals surface area contributed by atoms with E-state index in [1.807, 2.05) is 0 Å². The fourth-order valence-corrected chi connectivity index (χ4v) is 2.22. The second kappa shape index (κ2) is 5.44. The van der Waals surface area contributed by atoms with Crippen molar-refractivity contribution in [1.82, 2.24) is 19.3 Å². The largest absolute Gasteiger partial charge is 0.497 e. The summed E-state index contributed by atoms with van der Waals surface area (Å²) in [5.74, 6) is 0.407. The summed E-state index contributed by atoms with van der Waals surface area (Å²) < 4.78 is 7.90. The van der Waals surface area contributed by atoms with E-state index in [1.54, 1.807) is 31.3 Å². The van der Waals surface area contributed by atoms with Crippen LogP contribution in [-0.2, 0) is 13.6 Å². The number of Topliss-reactive ketones (excluding diaryl/α,β-unsaturated/α-hetero) is 1. The summed E-state index contributed by atoms with van der Waals surface area (Å²) in [5.41, 5.74) is 0.696. The van der Waals surface area contributed by atoms with Crippen LogP contribution in [0.3, 0.4) is 0 Å². The first-order valence-electron chi connectivity index (χ1n) is 6.64. The number of benzene rings is 1. The molecule has 0 unspecified atom stereocenters. The highest BCUT2D eigenvalue weighted by Crippen LogP contribution is 2.13. The molecule has 0 spiro atoms. The van der Waals surface area contributed by atoms with Crippen LogP contribution in [-0.4, -0.2) is 32.2 Å². The Kier molecular flexibility index (Phi) is 3.46. The van der Waals surface area contributed by atoms with Crippen LogP contribution >= 0.6 is 0 Å². The van der Waals surface area contributed by atoms with Gasteiger partial charge in [0.15, 0.2) is 11.4 Å². The highest BCUT2D eigenvalue weighted by Gasteiger charge is 2.12. The molecule has 1 aromatic carbocycles. The molecule has 2 aromatic heterocycles. The molecule has 22 heavy (non-hydrogen) atoms. The molecular weight excluding hydrogens is 284 g/mol. The molecule has 2 heterocycles. The summed E-state index contributed by atoms with van der Waals surface area (Å²) in [6.45, 7) is -0.0795. The third-order valence-corrected chi connectivity index (χ3v) is 3.42. The smallest absolute Gasteiger partial charge is 0.264 e. The van der Waals surface area contributed by atoms with Crippen LogP contribution in [0, 0.1) is 0 Å².